The molecule has 0 saturated heterocycles. The van der Waals surface area contributed by atoms with E-state index in [4.69, 9.17) is 4.74 Å². The molecule has 0 saturated carbocycles. The average Bonchev–Trinajstić information content (AvgIpc) is 3.08. The van der Waals surface area contributed by atoms with Crippen LogP contribution in [-0.4, -0.2) is 27.4 Å². The van der Waals surface area contributed by atoms with Crippen molar-refractivity contribution in [2.45, 2.75) is 19.9 Å². The second kappa shape index (κ2) is 7.86. The Morgan fingerprint density at radius 2 is 1.93 bits per heavy atom. The van der Waals surface area contributed by atoms with E-state index < -0.39 is 4.92 Å². The van der Waals surface area contributed by atoms with Crippen LogP contribution >= 0.6 is 0 Å². The molecule has 1 aromatic heterocycles. The Morgan fingerprint density at radius 1 is 1.22 bits per heavy atom. The number of amides is 1. The fraction of sp³-hybridized carbons (Fsp3) is 0.263. The van der Waals surface area contributed by atoms with E-state index in [1.807, 2.05) is 38.1 Å². The van der Waals surface area contributed by atoms with Gasteiger partial charge in [-0.25, -0.2) is 4.98 Å². The van der Waals surface area contributed by atoms with Crippen LogP contribution in [0.15, 0.2) is 48.5 Å². The summed E-state index contributed by atoms with van der Waals surface area (Å²) in [6, 6.07) is 13.2. The molecule has 8 heteroatoms. The zero-order valence-corrected chi connectivity index (χ0v) is 15.0. The lowest BCUT2D eigenvalue weighted by atomic mass is 10.0. The summed E-state index contributed by atoms with van der Waals surface area (Å²) in [6.45, 7) is 3.62. The van der Waals surface area contributed by atoms with Gasteiger partial charge in [0.25, 0.3) is 5.91 Å². The lowest BCUT2D eigenvalue weighted by Crippen LogP contribution is -2.35. The van der Waals surface area contributed by atoms with Crippen LogP contribution in [-0.2, 0) is 4.79 Å². The van der Waals surface area contributed by atoms with E-state index in [2.05, 4.69) is 15.3 Å². The highest BCUT2D eigenvalue weighted by Gasteiger charge is 2.22. The summed E-state index contributed by atoms with van der Waals surface area (Å²) < 4.78 is 5.35. The van der Waals surface area contributed by atoms with Gasteiger partial charge in [0.2, 0.25) is 0 Å². The third-order valence-corrected chi connectivity index (χ3v) is 4.11. The summed E-state index contributed by atoms with van der Waals surface area (Å²) in [5, 5.41) is 13.9. The third-order valence-electron chi connectivity index (χ3n) is 4.11. The van der Waals surface area contributed by atoms with Gasteiger partial charge in [0.15, 0.2) is 12.4 Å². The molecule has 0 bridgehead atoms. The smallest absolute Gasteiger partial charge is 0.310 e. The number of carbonyl (C=O) groups is 1. The van der Waals surface area contributed by atoms with Crippen LogP contribution in [0.25, 0.3) is 11.0 Å². The molecule has 0 aliphatic heterocycles. The van der Waals surface area contributed by atoms with E-state index in [1.54, 1.807) is 12.1 Å². The Balaban J connectivity index is 1.70. The molecule has 0 spiro atoms. The zero-order valence-electron chi connectivity index (χ0n) is 15.0. The van der Waals surface area contributed by atoms with Gasteiger partial charge in [-0.3, -0.25) is 14.9 Å². The molecule has 0 aliphatic carbocycles. The molecule has 1 amide bonds. The number of aromatic nitrogens is 2. The van der Waals surface area contributed by atoms with Gasteiger partial charge >= 0.3 is 5.69 Å². The van der Waals surface area contributed by atoms with Gasteiger partial charge in [-0.2, -0.15) is 0 Å². The van der Waals surface area contributed by atoms with Crippen LogP contribution in [0.1, 0.15) is 25.7 Å². The first-order chi connectivity index (χ1) is 13.0. The number of rotatable bonds is 7. The molecule has 0 fully saturated rings. The summed E-state index contributed by atoms with van der Waals surface area (Å²) in [4.78, 5) is 30.6. The van der Waals surface area contributed by atoms with E-state index in [1.165, 1.54) is 12.1 Å². The van der Waals surface area contributed by atoms with Crippen molar-refractivity contribution in [3.05, 3.63) is 64.5 Å². The number of nitrogens with zero attached hydrogens (tertiary/aromatic N) is 2. The van der Waals surface area contributed by atoms with Gasteiger partial charge in [0.1, 0.15) is 5.82 Å². The van der Waals surface area contributed by atoms with Crippen LogP contribution in [0.2, 0.25) is 0 Å². The molecule has 27 heavy (non-hydrogen) atoms. The van der Waals surface area contributed by atoms with Crippen LogP contribution < -0.4 is 10.1 Å². The molecule has 1 atom stereocenters. The van der Waals surface area contributed by atoms with Gasteiger partial charge < -0.3 is 15.0 Å². The average molecular weight is 368 g/mol. The second-order valence-corrected chi connectivity index (χ2v) is 6.44. The highest BCUT2D eigenvalue weighted by Crippen LogP contribution is 2.26. The number of carbonyl (C=O) groups excluding carboxylic acids is 1. The van der Waals surface area contributed by atoms with E-state index in [0.717, 1.165) is 11.0 Å². The van der Waals surface area contributed by atoms with Crippen molar-refractivity contribution in [2.24, 2.45) is 5.92 Å². The van der Waals surface area contributed by atoms with E-state index >= 15 is 0 Å². The first kappa shape index (κ1) is 18.4. The van der Waals surface area contributed by atoms with E-state index in [0.29, 0.717) is 5.82 Å². The first-order valence-electron chi connectivity index (χ1n) is 8.56. The summed E-state index contributed by atoms with van der Waals surface area (Å²) >= 11 is 0. The molecule has 3 rings (SSSR count). The van der Waals surface area contributed by atoms with Crippen LogP contribution in [0.5, 0.6) is 5.75 Å². The largest absolute Gasteiger partial charge is 0.477 e. The lowest BCUT2D eigenvalue weighted by Gasteiger charge is -2.20. The summed E-state index contributed by atoms with van der Waals surface area (Å²) in [6.07, 6.45) is 0. The van der Waals surface area contributed by atoms with Gasteiger partial charge in [-0.05, 0) is 24.1 Å². The Kier molecular flexibility index (Phi) is 5.35. The minimum absolute atomic E-state index is 0.0579. The van der Waals surface area contributed by atoms with Crippen LogP contribution in [0, 0.1) is 16.0 Å². The lowest BCUT2D eigenvalue weighted by molar-refractivity contribution is -0.385. The third kappa shape index (κ3) is 4.22. The minimum atomic E-state index is -0.543. The SMILES string of the molecule is CC(C)C(NC(=O)COc1ccccc1[N+](=O)[O-])c1nc2ccccc2[nH]1. The van der Waals surface area contributed by atoms with Crippen molar-refractivity contribution < 1.29 is 14.5 Å². The fourth-order valence-corrected chi connectivity index (χ4v) is 2.76. The van der Waals surface area contributed by atoms with Crippen molar-refractivity contribution in [3.8, 4) is 5.75 Å². The standard InChI is InChI=1S/C19H20N4O4/c1-12(2)18(19-20-13-7-3-4-8-14(13)21-19)22-17(24)11-27-16-10-6-5-9-15(16)23(25)26/h3-10,12,18H,11H2,1-2H3,(H,20,21)(H,22,24). The number of hydrogen-bond donors (Lipinski definition) is 2. The number of ether oxygens (including phenoxy) is 1. The maximum absolute atomic E-state index is 12.4. The number of hydrogen-bond acceptors (Lipinski definition) is 5. The Bertz CT molecular complexity index is 934. The number of nitro groups is 1. The summed E-state index contributed by atoms with van der Waals surface area (Å²) in [7, 11) is 0. The quantitative estimate of drug-likeness (QED) is 0.491. The van der Waals surface area contributed by atoms with E-state index in [-0.39, 0.29) is 35.9 Å². The Labute approximate surface area is 155 Å². The Morgan fingerprint density at radius 3 is 2.63 bits per heavy atom. The number of H-pyrrole nitrogens is 1. The summed E-state index contributed by atoms with van der Waals surface area (Å²) in [5.74, 6) is 0.417. The van der Waals surface area contributed by atoms with Gasteiger partial charge in [-0.1, -0.05) is 38.1 Å². The van der Waals surface area contributed by atoms with Crippen molar-refractivity contribution in [1.29, 1.82) is 0 Å². The number of benzene rings is 2. The number of nitro benzene ring substituents is 1. The molecular weight excluding hydrogens is 348 g/mol. The molecule has 8 nitrogen and oxygen atoms in total. The number of para-hydroxylation sites is 4. The second-order valence-electron chi connectivity index (χ2n) is 6.44. The predicted octanol–water partition coefficient (Wildman–Crippen LogP) is 3.36. The van der Waals surface area contributed by atoms with Gasteiger partial charge in [0.05, 0.1) is 22.0 Å². The molecular formula is C19H20N4O4. The van der Waals surface area contributed by atoms with E-state index in [9.17, 15) is 14.9 Å². The van der Waals surface area contributed by atoms with Crippen LogP contribution in [0.4, 0.5) is 5.69 Å². The summed E-state index contributed by atoms with van der Waals surface area (Å²) in [5.41, 5.74) is 1.54. The minimum Gasteiger partial charge on any atom is -0.477 e. The predicted molar refractivity (Wildman–Crippen MR) is 100 cm³/mol. The number of fused-ring (bicyclic) bond motifs is 1. The van der Waals surface area contributed by atoms with Crippen molar-refractivity contribution >= 4 is 22.6 Å². The van der Waals surface area contributed by atoms with Crippen LogP contribution in [0.3, 0.4) is 0 Å². The normalized spacial score (nSPS) is 12.1. The van der Waals surface area contributed by atoms with Crippen molar-refractivity contribution in [3.63, 3.8) is 0 Å². The number of nitrogens with one attached hydrogen (secondary N) is 2. The first-order valence-corrected chi connectivity index (χ1v) is 8.56. The molecule has 140 valence electrons. The van der Waals surface area contributed by atoms with Gasteiger partial charge in [0, 0.05) is 6.07 Å². The molecule has 0 radical (unpaired) electrons. The fourth-order valence-electron chi connectivity index (χ4n) is 2.76. The zero-order chi connectivity index (χ0) is 19.4. The monoisotopic (exact) mass is 368 g/mol. The highest BCUT2D eigenvalue weighted by molar-refractivity contribution is 5.79. The number of aromatic amines is 1. The number of imidazole rings is 1. The van der Waals surface area contributed by atoms with Gasteiger partial charge in [-0.15, -0.1) is 0 Å². The molecule has 3 aromatic rings. The Hall–Kier alpha value is -3.42. The molecule has 1 unspecified atom stereocenters. The maximum atomic E-state index is 12.4. The molecule has 1 heterocycles. The van der Waals surface area contributed by atoms with Crippen molar-refractivity contribution in [2.75, 3.05) is 6.61 Å². The maximum Gasteiger partial charge on any atom is 0.310 e. The highest BCUT2D eigenvalue weighted by atomic mass is 16.6. The molecule has 2 N–H and O–H groups in total. The van der Waals surface area contributed by atoms with Crippen molar-refractivity contribution in [1.82, 2.24) is 15.3 Å². The topological polar surface area (TPSA) is 110 Å². The molecule has 0 aliphatic rings. The molecule has 2 aromatic carbocycles.